The van der Waals surface area contributed by atoms with Gasteiger partial charge in [-0.1, -0.05) is 0 Å². The summed E-state index contributed by atoms with van der Waals surface area (Å²) >= 11 is 0. The van der Waals surface area contributed by atoms with E-state index in [-0.39, 0.29) is 29.0 Å². The van der Waals surface area contributed by atoms with Crippen LogP contribution in [-0.4, -0.2) is 39.3 Å². The molecule has 0 radical (unpaired) electrons. The molecule has 33 heavy (non-hydrogen) atoms. The van der Waals surface area contributed by atoms with Gasteiger partial charge in [0.15, 0.2) is 5.76 Å². The SMILES string of the molecule is O=C(Nc1ccc2nc(-c3cc(F)ccc3F)[nH]c2c1)C1CCCCN1C(=O)c1ccco1. The molecule has 1 fully saturated rings. The zero-order valence-corrected chi connectivity index (χ0v) is 17.5. The summed E-state index contributed by atoms with van der Waals surface area (Å²) < 4.78 is 32.9. The Bertz CT molecular complexity index is 1330. The number of hydrogen-bond donors (Lipinski definition) is 2. The van der Waals surface area contributed by atoms with Gasteiger partial charge in [0.1, 0.15) is 23.5 Å². The number of fused-ring (bicyclic) bond motifs is 1. The number of H-pyrrole nitrogens is 1. The quantitative estimate of drug-likeness (QED) is 0.470. The summed E-state index contributed by atoms with van der Waals surface area (Å²) in [4.78, 5) is 34.6. The smallest absolute Gasteiger partial charge is 0.290 e. The van der Waals surface area contributed by atoms with Crippen LogP contribution in [0.15, 0.2) is 59.2 Å². The molecule has 168 valence electrons. The monoisotopic (exact) mass is 450 g/mol. The second-order valence-electron chi connectivity index (χ2n) is 7.92. The van der Waals surface area contributed by atoms with E-state index in [4.69, 9.17) is 4.42 Å². The van der Waals surface area contributed by atoms with Gasteiger partial charge in [-0.25, -0.2) is 13.8 Å². The zero-order valence-electron chi connectivity index (χ0n) is 17.5. The minimum Gasteiger partial charge on any atom is -0.459 e. The fourth-order valence-electron chi connectivity index (χ4n) is 4.11. The molecule has 5 rings (SSSR count). The van der Waals surface area contributed by atoms with Gasteiger partial charge in [-0.15, -0.1) is 0 Å². The van der Waals surface area contributed by atoms with Crippen molar-refractivity contribution in [2.75, 3.05) is 11.9 Å². The third-order valence-electron chi connectivity index (χ3n) is 5.73. The lowest BCUT2D eigenvalue weighted by atomic mass is 10.0. The molecule has 4 aromatic rings. The lowest BCUT2D eigenvalue weighted by Crippen LogP contribution is -2.49. The van der Waals surface area contributed by atoms with E-state index in [0.717, 1.165) is 31.0 Å². The molecule has 1 unspecified atom stereocenters. The normalized spacial score (nSPS) is 16.2. The molecular weight excluding hydrogens is 430 g/mol. The molecular formula is C24H20F2N4O3. The highest BCUT2D eigenvalue weighted by Gasteiger charge is 2.33. The molecule has 2 aromatic carbocycles. The summed E-state index contributed by atoms with van der Waals surface area (Å²) in [7, 11) is 0. The van der Waals surface area contributed by atoms with E-state index < -0.39 is 17.7 Å². The Labute approximate surface area is 187 Å². The molecule has 2 aromatic heterocycles. The molecule has 7 nitrogen and oxygen atoms in total. The Hall–Kier alpha value is -4.01. The van der Waals surface area contributed by atoms with E-state index in [9.17, 15) is 18.4 Å². The Balaban J connectivity index is 1.37. The van der Waals surface area contributed by atoms with Crippen LogP contribution in [0.2, 0.25) is 0 Å². The predicted molar refractivity (Wildman–Crippen MR) is 117 cm³/mol. The van der Waals surface area contributed by atoms with Gasteiger partial charge >= 0.3 is 0 Å². The summed E-state index contributed by atoms with van der Waals surface area (Å²) in [6.45, 7) is 0.472. The lowest BCUT2D eigenvalue weighted by molar-refractivity contribution is -0.121. The number of rotatable bonds is 4. The minimum atomic E-state index is -0.620. The maximum absolute atomic E-state index is 14.1. The highest BCUT2D eigenvalue weighted by Crippen LogP contribution is 2.26. The van der Waals surface area contributed by atoms with Crippen molar-refractivity contribution in [3.8, 4) is 11.4 Å². The number of benzene rings is 2. The van der Waals surface area contributed by atoms with Gasteiger partial charge in [0, 0.05) is 12.2 Å². The van der Waals surface area contributed by atoms with Crippen LogP contribution in [0.25, 0.3) is 22.4 Å². The number of anilines is 1. The van der Waals surface area contributed by atoms with Crippen molar-refractivity contribution in [2.24, 2.45) is 0 Å². The minimum absolute atomic E-state index is 0.0195. The van der Waals surface area contributed by atoms with Crippen molar-refractivity contribution < 1.29 is 22.8 Å². The first-order valence-corrected chi connectivity index (χ1v) is 10.6. The molecule has 1 saturated heterocycles. The van der Waals surface area contributed by atoms with Crippen molar-refractivity contribution in [1.29, 1.82) is 0 Å². The number of nitrogens with one attached hydrogen (secondary N) is 2. The molecule has 0 spiro atoms. The fourth-order valence-corrected chi connectivity index (χ4v) is 4.11. The van der Waals surface area contributed by atoms with Crippen LogP contribution >= 0.6 is 0 Å². The van der Waals surface area contributed by atoms with E-state index in [0.29, 0.717) is 29.7 Å². The number of aromatic nitrogens is 2. The molecule has 2 amide bonds. The van der Waals surface area contributed by atoms with E-state index in [2.05, 4.69) is 15.3 Å². The van der Waals surface area contributed by atoms with E-state index in [1.807, 2.05) is 0 Å². The van der Waals surface area contributed by atoms with E-state index in [1.165, 1.54) is 11.2 Å². The Morgan fingerprint density at radius 3 is 2.82 bits per heavy atom. The number of carbonyl (C=O) groups is 2. The number of piperidine rings is 1. The number of hydrogen-bond acceptors (Lipinski definition) is 4. The van der Waals surface area contributed by atoms with Gasteiger partial charge in [0.25, 0.3) is 5.91 Å². The van der Waals surface area contributed by atoms with Crippen molar-refractivity contribution in [3.63, 3.8) is 0 Å². The fraction of sp³-hybridized carbons (Fsp3) is 0.208. The van der Waals surface area contributed by atoms with Crippen LogP contribution in [0.3, 0.4) is 0 Å². The van der Waals surface area contributed by atoms with Crippen LogP contribution in [0.4, 0.5) is 14.5 Å². The van der Waals surface area contributed by atoms with Gasteiger partial charge in [0.05, 0.1) is 22.9 Å². The van der Waals surface area contributed by atoms with E-state index >= 15 is 0 Å². The second kappa shape index (κ2) is 8.50. The van der Waals surface area contributed by atoms with Gasteiger partial charge in [0.2, 0.25) is 5.91 Å². The number of halogens is 2. The van der Waals surface area contributed by atoms with Crippen molar-refractivity contribution >= 4 is 28.5 Å². The number of furan rings is 1. The molecule has 1 aliphatic rings. The maximum atomic E-state index is 14.1. The first-order chi connectivity index (χ1) is 16.0. The summed E-state index contributed by atoms with van der Waals surface area (Å²) in [5, 5.41) is 2.86. The molecule has 0 bridgehead atoms. The van der Waals surface area contributed by atoms with Crippen LogP contribution in [0, 0.1) is 11.6 Å². The molecule has 3 heterocycles. The Kier molecular flexibility index (Phi) is 5.37. The van der Waals surface area contributed by atoms with Crippen LogP contribution < -0.4 is 5.32 Å². The second-order valence-corrected chi connectivity index (χ2v) is 7.92. The highest BCUT2D eigenvalue weighted by molar-refractivity contribution is 6.01. The van der Waals surface area contributed by atoms with Gasteiger partial charge in [-0.2, -0.15) is 0 Å². The van der Waals surface area contributed by atoms with Crippen LogP contribution in [-0.2, 0) is 4.79 Å². The number of aromatic amines is 1. The van der Waals surface area contributed by atoms with Crippen LogP contribution in [0.5, 0.6) is 0 Å². The average molecular weight is 450 g/mol. The summed E-state index contributed by atoms with van der Waals surface area (Å²) in [5.41, 5.74) is 1.61. The third-order valence-corrected chi connectivity index (χ3v) is 5.73. The molecule has 1 atom stereocenters. The third kappa shape index (κ3) is 4.09. The first kappa shape index (κ1) is 20.9. The number of carbonyl (C=O) groups excluding carboxylic acids is 2. The Morgan fingerprint density at radius 2 is 2.00 bits per heavy atom. The van der Waals surface area contributed by atoms with Crippen molar-refractivity contribution in [1.82, 2.24) is 14.9 Å². The summed E-state index contributed by atoms with van der Waals surface area (Å²) in [6, 6.07) is 10.8. The Morgan fingerprint density at radius 1 is 1.12 bits per heavy atom. The van der Waals surface area contributed by atoms with Gasteiger partial charge in [-0.05, 0) is 67.8 Å². The maximum Gasteiger partial charge on any atom is 0.290 e. The summed E-state index contributed by atoms with van der Waals surface area (Å²) in [5.74, 6) is -1.39. The van der Waals surface area contributed by atoms with Gasteiger partial charge in [-0.3, -0.25) is 9.59 Å². The molecule has 2 N–H and O–H groups in total. The highest BCUT2D eigenvalue weighted by atomic mass is 19.1. The first-order valence-electron chi connectivity index (χ1n) is 10.6. The predicted octanol–water partition coefficient (Wildman–Crippen LogP) is 4.73. The number of amides is 2. The van der Waals surface area contributed by atoms with Gasteiger partial charge < -0.3 is 19.6 Å². The molecule has 1 aliphatic heterocycles. The average Bonchev–Trinajstić information content (AvgIpc) is 3.50. The van der Waals surface area contributed by atoms with Crippen molar-refractivity contribution in [2.45, 2.75) is 25.3 Å². The van der Waals surface area contributed by atoms with Crippen LogP contribution in [0.1, 0.15) is 29.8 Å². The molecule has 9 heteroatoms. The summed E-state index contributed by atoms with van der Waals surface area (Å²) in [6.07, 6.45) is 3.63. The van der Waals surface area contributed by atoms with Crippen molar-refractivity contribution in [3.05, 3.63) is 72.2 Å². The lowest BCUT2D eigenvalue weighted by Gasteiger charge is -2.34. The topological polar surface area (TPSA) is 91.2 Å². The largest absolute Gasteiger partial charge is 0.459 e. The molecule has 0 aliphatic carbocycles. The number of nitrogens with zero attached hydrogens (tertiary/aromatic N) is 2. The number of likely N-dealkylation sites (tertiary alicyclic amines) is 1. The standard InChI is InChI=1S/C24H20F2N4O3/c25-14-6-8-17(26)16(12-14)22-28-18-9-7-15(13-19(18)29-22)27-23(31)20-4-1-2-10-30(20)24(32)21-5-3-11-33-21/h3,5-9,11-13,20H,1-2,4,10H2,(H,27,31)(H,28,29). The number of imidazole rings is 1. The zero-order chi connectivity index (χ0) is 22.9. The molecule has 0 saturated carbocycles. The van der Waals surface area contributed by atoms with E-state index in [1.54, 1.807) is 30.3 Å².